The second-order valence-corrected chi connectivity index (χ2v) is 13.3. The molecular formula is C36H53N7O8. The minimum absolute atomic E-state index is 0.0997. The maximum atomic E-state index is 13.8. The zero-order valence-corrected chi connectivity index (χ0v) is 29.4. The van der Waals surface area contributed by atoms with Crippen molar-refractivity contribution in [3.05, 3.63) is 35.9 Å². The van der Waals surface area contributed by atoms with Crippen molar-refractivity contribution in [3.8, 4) is 0 Å². The molecule has 0 aromatic heterocycles. The van der Waals surface area contributed by atoms with Gasteiger partial charge < -0.3 is 37.6 Å². The maximum absolute atomic E-state index is 13.8. The Bertz CT molecular complexity index is 1380. The fourth-order valence-corrected chi connectivity index (χ4v) is 6.41. The number of hydrogen-bond acceptors (Lipinski definition) is 8. The summed E-state index contributed by atoms with van der Waals surface area (Å²) in [5.41, 5.74) is 5.89. The van der Waals surface area contributed by atoms with Gasteiger partial charge in [0.1, 0.15) is 18.1 Å². The fourth-order valence-electron chi connectivity index (χ4n) is 6.41. The van der Waals surface area contributed by atoms with E-state index in [1.807, 2.05) is 0 Å². The van der Waals surface area contributed by atoms with Gasteiger partial charge in [0.05, 0.1) is 12.6 Å². The first-order valence-corrected chi connectivity index (χ1v) is 18.1. The standard InChI is InChI=1S/C36H53N7O8/c1-2-13-25(32(47)36(51)39-22-29(46)43-30(33(37)48)23-14-5-3-6-15-23)40-34(49)26-18-11-12-21-38-27(44)19-9-10-20-28(45)42-31(35(50)41-26)24-16-7-4-8-17-24/h3,5-6,14-15,24-26,30-31H,2,4,7-13,16-22H2,1H3,(H2,37,48)(H,38,44)(H,39,51)(H,40,49)(H,41,50)(H,42,45)(H,43,46). The third kappa shape index (κ3) is 13.8. The van der Waals surface area contributed by atoms with Gasteiger partial charge in [0.25, 0.3) is 5.91 Å². The van der Waals surface area contributed by atoms with Crippen LogP contribution in [-0.4, -0.2) is 78.3 Å². The lowest BCUT2D eigenvalue weighted by Gasteiger charge is -2.31. The first-order valence-electron chi connectivity index (χ1n) is 18.1. The van der Waals surface area contributed by atoms with E-state index in [2.05, 4.69) is 31.9 Å². The molecule has 280 valence electrons. The number of hydrogen-bond donors (Lipinski definition) is 7. The summed E-state index contributed by atoms with van der Waals surface area (Å²) in [5.74, 6) is -5.34. The second-order valence-electron chi connectivity index (χ2n) is 13.3. The molecule has 4 atom stereocenters. The number of carbonyl (C=O) groups excluding carboxylic acids is 8. The molecule has 2 fully saturated rings. The van der Waals surface area contributed by atoms with E-state index in [4.69, 9.17) is 5.73 Å². The molecule has 1 saturated heterocycles. The van der Waals surface area contributed by atoms with E-state index >= 15 is 0 Å². The molecule has 7 amide bonds. The van der Waals surface area contributed by atoms with Gasteiger partial charge in [0, 0.05) is 19.4 Å². The average molecular weight is 712 g/mol. The molecule has 15 nitrogen and oxygen atoms in total. The number of ketones is 1. The number of amides is 7. The van der Waals surface area contributed by atoms with Crippen molar-refractivity contribution < 1.29 is 38.4 Å². The Kier molecular flexibility index (Phi) is 17.0. The van der Waals surface area contributed by atoms with Crippen molar-refractivity contribution in [2.75, 3.05) is 13.1 Å². The molecule has 4 unspecified atom stereocenters. The minimum atomic E-state index is -1.25. The van der Waals surface area contributed by atoms with Crippen LogP contribution in [0.3, 0.4) is 0 Å². The number of nitrogens with one attached hydrogen (secondary N) is 6. The van der Waals surface area contributed by atoms with Gasteiger partial charge in [-0.25, -0.2) is 0 Å². The van der Waals surface area contributed by atoms with E-state index < -0.39 is 66.0 Å². The van der Waals surface area contributed by atoms with Crippen molar-refractivity contribution in [3.63, 3.8) is 0 Å². The highest BCUT2D eigenvalue weighted by atomic mass is 16.2. The molecule has 2 aliphatic rings. The van der Waals surface area contributed by atoms with E-state index in [1.165, 1.54) is 0 Å². The summed E-state index contributed by atoms with van der Waals surface area (Å²) in [5, 5.41) is 15.8. The van der Waals surface area contributed by atoms with Gasteiger partial charge in [-0.15, -0.1) is 0 Å². The lowest BCUT2D eigenvalue weighted by molar-refractivity contribution is -0.141. The largest absolute Gasteiger partial charge is 0.368 e. The van der Waals surface area contributed by atoms with Gasteiger partial charge >= 0.3 is 0 Å². The summed E-state index contributed by atoms with van der Waals surface area (Å²) in [4.78, 5) is 103. The normalized spacial score (nSPS) is 21.1. The number of carbonyl (C=O) groups is 8. The second kappa shape index (κ2) is 21.4. The van der Waals surface area contributed by atoms with Crippen molar-refractivity contribution in [2.45, 2.75) is 121 Å². The molecule has 8 N–H and O–H groups in total. The van der Waals surface area contributed by atoms with Crippen LogP contribution in [0.2, 0.25) is 0 Å². The molecule has 0 bridgehead atoms. The summed E-state index contributed by atoms with van der Waals surface area (Å²) in [6.07, 6.45) is 7.60. The molecule has 51 heavy (non-hydrogen) atoms. The van der Waals surface area contributed by atoms with E-state index in [0.717, 1.165) is 32.1 Å². The predicted molar refractivity (Wildman–Crippen MR) is 187 cm³/mol. The van der Waals surface area contributed by atoms with Crippen LogP contribution in [0.15, 0.2) is 30.3 Å². The zero-order chi connectivity index (χ0) is 37.2. The molecule has 1 saturated carbocycles. The number of benzene rings is 1. The maximum Gasteiger partial charge on any atom is 0.290 e. The molecular weight excluding hydrogens is 658 g/mol. The Morgan fingerprint density at radius 3 is 2.16 bits per heavy atom. The number of nitrogens with two attached hydrogens (primary N) is 1. The van der Waals surface area contributed by atoms with Gasteiger partial charge in [-0.3, -0.25) is 38.4 Å². The zero-order valence-electron chi connectivity index (χ0n) is 29.4. The summed E-state index contributed by atoms with van der Waals surface area (Å²) >= 11 is 0. The highest BCUT2D eigenvalue weighted by Crippen LogP contribution is 2.27. The topological polar surface area (TPSA) is 235 Å². The van der Waals surface area contributed by atoms with Crippen LogP contribution in [0.25, 0.3) is 0 Å². The average Bonchev–Trinajstić information content (AvgIpc) is 3.12. The lowest BCUT2D eigenvalue weighted by Crippen LogP contribution is -2.58. The molecule has 0 spiro atoms. The molecule has 1 aromatic carbocycles. The number of rotatable bonds is 12. The lowest BCUT2D eigenvalue weighted by atomic mass is 9.83. The molecule has 1 aromatic rings. The van der Waals surface area contributed by atoms with Crippen LogP contribution in [-0.2, 0) is 38.4 Å². The van der Waals surface area contributed by atoms with Crippen molar-refractivity contribution in [2.24, 2.45) is 11.7 Å². The number of Topliss-reactive ketones (excluding diaryl/α,β-unsaturated/α-hetero) is 1. The summed E-state index contributed by atoms with van der Waals surface area (Å²) in [7, 11) is 0. The van der Waals surface area contributed by atoms with Gasteiger partial charge in [-0.2, -0.15) is 0 Å². The summed E-state index contributed by atoms with van der Waals surface area (Å²) < 4.78 is 0. The Morgan fingerprint density at radius 2 is 1.49 bits per heavy atom. The van der Waals surface area contributed by atoms with E-state index in [0.29, 0.717) is 44.2 Å². The third-order valence-corrected chi connectivity index (χ3v) is 9.22. The number of primary amides is 1. The highest BCUT2D eigenvalue weighted by molar-refractivity contribution is 6.38. The van der Waals surface area contributed by atoms with Crippen LogP contribution in [0.5, 0.6) is 0 Å². The van der Waals surface area contributed by atoms with Crippen molar-refractivity contribution in [1.29, 1.82) is 0 Å². The van der Waals surface area contributed by atoms with E-state index in [9.17, 15) is 38.4 Å². The molecule has 1 aliphatic carbocycles. The first kappa shape index (κ1) is 40.6. The molecule has 1 aliphatic heterocycles. The van der Waals surface area contributed by atoms with Gasteiger partial charge in [-0.1, -0.05) is 62.9 Å². The monoisotopic (exact) mass is 711 g/mol. The molecule has 15 heteroatoms. The van der Waals surface area contributed by atoms with Crippen LogP contribution >= 0.6 is 0 Å². The van der Waals surface area contributed by atoms with Crippen molar-refractivity contribution >= 4 is 47.1 Å². The Morgan fingerprint density at radius 1 is 0.824 bits per heavy atom. The Labute approximate surface area is 298 Å². The minimum Gasteiger partial charge on any atom is -0.368 e. The van der Waals surface area contributed by atoms with Crippen LogP contribution < -0.4 is 37.6 Å². The van der Waals surface area contributed by atoms with E-state index in [-0.39, 0.29) is 43.4 Å². The van der Waals surface area contributed by atoms with Gasteiger partial charge in [0.2, 0.25) is 41.2 Å². The van der Waals surface area contributed by atoms with Gasteiger partial charge in [-0.05, 0) is 62.8 Å². The van der Waals surface area contributed by atoms with Crippen LogP contribution in [0.4, 0.5) is 0 Å². The van der Waals surface area contributed by atoms with E-state index in [1.54, 1.807) is 37.3 Å². The van der Waals surface area contributed by atoms with Crippen LogP contribution in [0, 0.1) is 5.92 Å². The predicted octanol–water partition coefficient (Wildman–Crippen LogP) is 0.710. The summed E-state index contributed by atoms with van der Waals surface area (Å²) in [6, 6.07) is 3.96. The van der Waals surface area contributed by atoms with Crippen LogP contribution in [0.1, 0.15) is 108 Å². The fraction of sp³-hybridized carbons (Fsp3) is 0.611. The Hall–Kier alpha value is -4.82. The van der Waals surface area contributed by atoms with Crippen molar-refractivity contribution in [1.82, 2.24) is 31.9 Å². The molecule has 3 rings (SSSR count). The third-order valence-electron chi connectivity index (χ3n) is 9.22. The summed E-state index contributed by atoms with van der Waals surface area (Å²) in [6.45, 7) is 1.52. The first-order chi connectivity index (χ1) is 24.5. The van der Waals surface area contributed by atoms with Gasteiger partial charge in [0.15, 0.2) is 0 Å². The highest BCUT2D eigenvalue weighted by Gasteiger charge is 2.35. The Balaban J connectivity index is 1.69. The quantitative estimate of drug-likeness (QED) is 0.152. The molecule has 1 heterocycles. The smallest absolute Gasteiger partial charge is 0.290 e. The SMILES string of the molecule is CCCC(NC(=O)C1CCCCNC(=O)CCCCC(=O)NC(C2CCCCC2)C(=O)N1)C(=O)C(=O)NCC(=O)NC(C(N)=O)c1ccccc1. The molecule has 0 radical (unpaired) electrons.